The van der Waals surface area contributed by atoms with Gasteiger partial charge in [-0.3, -0.25) is 4.99 Å². The van der Waals surface area contributed by atoms with E-state index in [0.29, 0.717) is 12.6 Å². The molecule has 3 rings (SSSR count). The lowest BCUT2D eigenvalue weighted by Gasteiger charge is -2.32. The van der Waals surface area contributed by atoms with Crippen LogP contribution in [0.4, 0.5) is 0 Å². The number of hydrogen-bond acceptors (Lipinski definition) is 3. The van der Waals surface area contributed by atoms with Crippen molar-refractivity contribution in [3.63, 3.8) is 0 Å². The molecule has 1 fully saturated rings. The molecule has 25 heavy (non-hydrogen) atoms. The maximum atomic E-state index is 4.63. The van der Waals surface area contributed by atoms with Crippen LogP contribution in [0.15, 0.2) is 34.0 Å². The maximum Gasteiger partial charge on any atom is 0.191 e. The van der Waals surface area contributed by atoms with Gasteiger partial charge in [0, 0.05) is 43.0 Å². The van der Waals surface area contributed by atoms with Crippen LogP contribution in [-0.2, 0) is 6.54 Å². The largest absolute Gasteiger partial charge is 0.354 e. The molecule has 0 saturated carbocycles. The Morgan fingerprint density at radius 2 is 2.12 bits per heavy atom. The number of aliphatic imine (C=N–C) groups is 1. The van der Waals surface area contributed by atoms with Gasteiger partial charge in [0.2, 0.25) is 0 Å². The van der Waals surface area contributed by atoms with Crippen LogP contribution in [0.1, 0.15) is 31.9 Å². The zero-order valence-electron chi connectivity index (χ0n) is 15.0. The van der Waals surface area contributed by atoms with Gasteiger partial charge in [-0.2, -0.15) is 0 Å². The van der Waals surface area contributed by atoms with Gasteiger partial charge in [0.1, 0.15) is 5.65 Å². The zero-order chi connectivity index (χ0) is 17.6. The minimum atomic E-state index is 0.497. The third-order valence-corrected chi connectivity index (χ3v) is 5.06. The number of hydrogen-bond donors (Lipinski definition) is 2. The van der Waals surface area contributed by atoms with Gasteiger partial charge in [0.05, 0.1) is 12.2 Å². The van der Waals surface area contributed by atoms with Crippen LogP contribution in [0.2, 0.25) is 0 Å². The van der Waals surface area contributed by atoms with Gasteiger partial charge < -0.3 is 19.9 Å². The lowest BCUT2D eigenvalue weighted by Crippen LogP contribution is -2.48. The minimum absolute atomic E-state index is 0.497. The van der Waals surface area contributed by atoms with Crippen molar-refractivity contribution in [2.45, 2.75) is 38.8 Å². The van der Waals surface area contributed by atoms with Crippen LogP contribution in [-0.4, -0.2) is 53.0 Å². The zero-order valence-corrected chi connectivity index (χ0v) is 16.6. The van der Waals surface area contributed by atoms with Crippen molar-refractivity contribution >= 4 is 27.5 Å². The first-order valence-corrected chi connectivity index (χ1v) is 9.80. The number of halogens is 1. The van der Waals surface area contributed by atoms with E-state index >= 15 is 0 Å². The number of piperidine rings is 1. The van der Waals surface area contributed by atoms with Crippen molar-refractivity contribution in [3.8, 4) is 0 Å². The molecule has 1 aliphatic rings. The Hall–Kier alpha value is -1.60. The van der Waals surface area contributed by atoms with E-state index in [4.69, 9.17) is 0 Å². The van der Waals surface area contributed by atoms with E-state index in [1.165, 1.54) is 38.9 Å². The molecule has 2 N–H and O–H groups in total. The maximum absolute atomic E-state index is 4.63. The average Bonchev–Trinajstić information content (AvgIpc) is 3.02. The number of guanidine groups is 1. The van der Waals surface area contributed by atoms with Gasteiger partial charge >= 0.3 is 0 Å². The lowest BCUT2D eigenvalue weighted by molar-refractivity contribution is 0.206. The van der Waals surface area contributed by atoms with Crippen LogP contribution in [0.3, 0.4) is 0 Å². The van der Waals surface area contributed by atoms with Gasteiger partial charge in [0.15, 0.2) is 5.96 Å². The number of rotatable bonds is 5. The van der Waals surface area contributed by atoms with Crippen molar-refractivity contribution in [1.29, 1.82) is 0 Å². The quantitative estimate of drug-likeness (QED) is 0.591. The van der Waals surface area contributed by atoms with E-state index < -0.39 is 0 Å². The Kier molecular flexibility index (Phi) is 6.31. The second-order valence-corrected chi connectivity index (χ2v) is 7.45. The highest BCUT2D eigenvalue weighted by Gasteiger charge is 2.19. The van der Waals surface area contributed by atoms with Crippen molar-refractivity contribution in [2.75, 3.05) is 26.7 Å². The standard InChI is InChI=1S/C18H27BrN6/c1-3-8-24-9-6-15(7-10-24)23-18(20-2)21-11-16-13-25-12-14(19)4-5-17(25)22-16/h4-5,12-13,15H,3,6-11H2,1-2H3,(H2,20,21,23). The topological polar surface area (TPSA) is 57.0 Å². The Morgan fingerprint density at radius 3 is 2.84 bits per heavy atom. The molecule has 0 bridgehead atoms. The predicted octanol–water partition coefficient (Wildman–Crippen LogP) is 2.64. The fourth-order valence-corrected chi connectivity index (χ4v) is 3.63. The van der Waals surface area contributed by atoms with Gasteiger partial charge in [-0.05, 0) is 53.9 Å². The van der Waals surface area contributed by atoms with Gasteiger partial charge in [0.25, 0.3) is 0 Å². The molecule has 136 valence electrons. The molecule has 7 heteroatoms. The molecule has 0 unspecified atom stereocenters. The highest BCUT2D eigenvalue weighted by Crippen LogP contribution is 2.13. The summed E-state index contributed by atoms with van der Waals surface area (Å²) in [6.07, 6.45) is 7.63. The summed E-state index contributed by atoms with van der Waals surface area (Å²) >= 11 is 3.49. The van der Waals surface area contributed by atoms with E-state index in [1.54, 1.807) is 0 Å². The highest BCUT2D eigenvalue weighted by molar-refractivity contribution is 9.10. The Balaban J connectivity index is 1.50. The molecule has 2 aromatic heterocycles. The second kappa shape index (κ2) is 8.67. The Labute approximate surface area is 157 Å². The molecule has 0 aliphatic carbocycles. The van der Waals surface area contributed by atoms with E-state index in [1.807, 2.05) is 36.0 Å². The number of fused-ring (bicyclic) bond motifs is 1. The summed E-state index contributed by atoms with van der Waals surface area (Å²) in [7, 11) is 1.82. The van der Waals surface area contributed by atoms with Crippen molar-refractivity contribution in [1.82, 2.24) is 24.9 Å². The number of imidazole rings is 1. The molecule has 1 aliphatic heterocycles. The molecule has 0 atom stereocenters. The predicted molar refractivity (Wildman–Crippen MR) is 106 cm³/mol. The van der Waals surface area contributed by atoms with Crippen LogP contribution < -0.4 is 10.6 Å². The van der Waals surface area contributed by atoms with E-state index in [2.05, 4.69) is 48.4 Å². The average molecular weight is 407 g/mol. The highest BCUT2D eigenvalue weighted by atomic mass is 79.9. The molecule has 1 saturated heterocycles. The van der Waals surface area contributed by atoms with Crippen LogP contribution in [0.5, 0.6) is 0 Å². The summed E-state index contributed by atoms with van der Waals surface area (Å²) in [6.45, 7) is 6.46. The first-order chi connectivity index (χ1) is 12.2. The van der Waals surface area contributed by atoms with E-state index in [0.717, 1.165) is 21.8 Å². The first-order valence-electron chi connectivity index (χ1n) is 9.00. The third-order valence-electron chi connectivity index (χ3n) is 4.59. The smallest absolute Gasteiger partial charge is 0.191 e. The summed E-state index contributed by atoms with van der Waals surface area (Å²) in [5.74, 6) is 0.854. The van der Waals surface area contributed by atoms with Crippen molar-refractivity contribution in [3.05, 3.63) is 34.7 Å². The Morgan fingerprint density at radius 1 is 1.32 bits per heavy atom. The van der Waals surface area contributed by atoms with Crippen LogP contribution in [0, 0.1) is 0 Å². The molecule has 0 amide bonds. The number of aromatic nitrogens is 2. The molecule has 3 heterocycles. The second-order valence-electron chi connectivity index (χ2n) is 6.53. The van der Waals surface area contributed by atoms with Crippen LogP contribution in [0.25, 0.3) is 5.65 Å². The van der Waals surface area contributed by atoms with Crippen LogP contribution >= 0.6 is 15.9 Å². The Bertz CT molecular complexity index is 717. The number of pyridine rings is 1. The van der Waals surface area contributed by atoms with Gasteiger partial charge in [-0.1, -0.05) is 6.92 Å². The number of likely N-dealkylation sites (tertiary alicyclic amines) is 1. The van der Waals surface area contributed by atoms with Crippen molar-refractivity contribution < 1.29 is 0 Å². The summed E-state index contributed by atoms with van der Waals surface area (Å²) in [6, 6.07) is 4.51. The summed E-state index contributed by atoms with van der Waals surface area (Å²) in [4.78, 5) is 11.5. The van der Waals surface area contributed by atoms with Crippen molar-refractivity contribution in [2.24, 2.45) is 4.99 Å². The van der Waals surface area contributed by atoms with E-state index in [-0.39, 0.29) is 0 Å². The fourth-order valence-electron chi connectivity index (χ4n) is 3.28. The van der Waals surface area contributed by atoms with Gasteiger partial charge in [-0.25, -0.2) is 4.98 Å². The number of nitrogens with one attached hydrogen (secondary N) is 2. The first kappa shape index (κ1) is 18.2. The molecule has 0 radical (unpaired) electrons. The third kappa shape index (κ3) is 4.95. The molecule has 6 nitrogen and oxygen atoms in total. The molecule has 0 aromatic carbocycles. The molecular formula is C18H27BrN6. The summed E-state index contributed by atoms with van der Waals surface area (Å²) in [5.41, 5.74) is 1.95. The molecular weight excluding hydrogens is 380 g/mol. The number of nitrogens with zero attached hydrogens (tertiary/aromatic N) is 4. The van der Waals surface area contributed by atoms with E-state index in [9.17, 15) is 0 Å². The monoisotopic (exact) mass is 406 g/mol. The normalized spacial score (nSPS) is 17.2. The summed E-state index contributed by atoms with van der Waals surface area (Å²) < 4.78 is 3.07. The minimum Gasteiger partial charge on any atom is -0.354 e. The summed E-state index contributed by atoms with van der Waals surface area (Å²) in [5, 5.41) is 6.93. The lowest BCUT2D eigenvalue weighted by atomic mass is 10.1. The molecule has 0 spiro atoms. The SMILES string of the molecule is CCCN1CCC(NC(=NC)NCc2cn3cc(Br)ccc3n2)CC1. The molecule has 2 aromatic rings. The fraction of sp³-hybridized carbons (Fsp3) is 0.556. The van der Waals surface area contributed by atoms with Gasteiger partial charge in [-0.15, -0.1) is 0 Å².